The molecular formula is C8H12IN. The molecule has 3 N–H and O–H groups in total. The lowest BCUT2D eigenvalue weighted by molar-refractivity contribution is 1.18. The molecule has 2 heteroatoms. The predicted octanol–water partition coefficient (Wildman–Crippen LogP) is 2.83. The summed E-state index contributed by atoms with van der Waals surface area (Å²) in [6.45, 7) is 0. The highest BCUT2D eigenvalue weighted by atomic mass is 127. The van der Waals surface area contributed by atoms with E-state index >= 15 is 0 Å². The fraction of sp³-hybridized carbons (Fsp3) is 0.250. The maximum Gasteiger partial charge on any atom is 0.00358 e. The first-order valence-electron chi connectivity index (χ1n) is 3.03. The van der Waals surface area contributed by atoms with Crippen LogP contribution in [0.2, 0.25) is 0 Å². The van der Waals surface area contributed by atoms with E-state index in [4.69, 9.17) is 0 Å². The summed E-state index contributed by atoms with van der Waals surface area (Å²) < 4.78 is 1.21. The van der Waals surface area contributed by atoms with Crippen LogP contribution in [0.25, 0.3) is 0 Å². The Morgan fingerprint density at radius 3 is 2.20 bits per heavy atom. The van der Waals surface area contributed by atoms with Crippen molar-refractivity contribution in [3.05, 3.63) is 35.9 Å². The Hall–Kier alpha value is -0.0900. The van der Waals surface area contributed by atoms with Crippen LogP contribution < -0.4 is 6.15 Å². The number of hydrogen-bond donors (Lipinski definition) is 1. The molecule has 1 rings (SSSR count). The van der Waals surface area contributed by atoms with E-state index in [1.165, 1.54) is 16.4 Å². The minimum atomic E-state index is 0. The van der Waals surface area contributed by atoms with E-state index in [0.29, 0.717) is 0 Å². The lowest BCUT2D eigenvalue weighted by Crippen LogP contribution is -1.82. The zero-order chi connectivity index (χ0) is 6.53. The zero-order valence-corrected chi connectivity index (χ0v) is 8.04. The Morgan fingerprint density at radius 1 is 1.10 bits per heavy atom. The van der Waals surface area contributed by atoms with Gasteiger partial charge >= 0.3 is 0 Å². The molecule has 10 heavy (non-hydrogen) atoms. The fourth-order valence-electron chi connectivity index (χ4n) is 0.754. The van der Waals surface area contributed by atoms with Crippen LogP contribution in [0.4, 0.5) is 0 Å². The molecule has 1 nitrogen and oxygen atoms in total. The number of benzene rings is 1. The maximum absolute atomic E-state index is 2.39. The van der Waals surface area contributed by atoms with Gasteiger partial charge in [0.2, 0.25) is 0 Å². The lowest BCUT2D eigenvalue weighted by Gasteiger charge is -1.93. The van der Waals surface area contributed by atoms with Crippen molar-refractivity contribution in [3.8, 4) is 0 Å². The van der Waals surface area contributed by atoms with Crippen molar-refractivity contribution in [2.45, 2.75) is 6.42 Å². The number of hydrogen-bond acceptors (Lipinski definition) is 1. The summed E-state index contributed by atoms with van der Waals surface area (Å²) in [4.78, 5) is 0. The summed E-state index contributed by atoms with van der Waals surface area (Å²) in [6, 6.07) is 10.6. The van der Waals surface area contributed by atoms with Crippen LogP contribution in [0.1, 0.15) is 5.56 Å². The maximum atomic E-state index is 2.39. The molecule has 0 atom stereocenters. The first-order valence-corrected chi connectivity index (χ1v) is 4.56. The highest BCUT2D eigenvalue weighted by Gasteiger charge is 1.85. The molecule has 0 spiro atoms. The van der Waals surface area contributed by atoms with Crippen LogP contribution in [0.3, 0.4) is 0 Å². The largest absolute Gasteiger partial charge is 0.344 e. The van der Waals surface area contributed by atoms with Gasteiger partial charge in [0.05, 0.1) is 0 Å². The molecule has 0 saturated heterocycles. The highest BCUT2D eigenvalue weighted by molar-refractivity contribution is 14.1. The van der Waals surface area contributed by atoms with Crippen LogP contribution in [0, 0.1) is 0 Å². The number of alkyl halides is 1. The smallest absolute Gasteiger partial charge is 0.00358 e. The van der Waals surface area contributed by atoms with Crippen molar-refractivity contribution in [2.75, 3.05) is 4.43 Å². The quantitative estimate of drug-likeness (QED) is 0.634. The van der Waals surface area contributed by atoms with E-state index in [-0.39, 0.29) is 6.15 Å². The third-order valence-corrected chi connectivity index (χ3v) is 1.77. The van der Waals surface area contributed by atoms with Crippen LogP contribution >= 0.6 is 22.6 Å². The van der Waals surface area contributed by atoms with Gasteiger partial charge in [-0.2, -0.15) is 0 Å². The summed E-state index contributed by atoms with van der Waals surface area (Å²) in [5.41, 5.74) is 1.44. The first-order chi connectivity index (χ1) is 4.43. The Bertz CT molecular complexity index is 162. The SMILES string of the molecule is ICCc1ccccc1.N. The van der Waals surface area contributed by atoms with E-state index in [1.54, 1.807) is 0 Å². The van der Waals surface area contributed by atoms with Crippen molar-refractivity contribution in [1.82, 2.24) is 6.15 Å². The summed E-state index contributed by atoms with van der Waals surface area (Å²) in [6.07, 6.45) is 1.20. The van der Waals surface area contributed by atoms with Gasteiger partial charge in [-0.05, 0) is 12.0 Å². The molecule has 0 radical (unpaired) electrons. The lowest BCUT2D eigenvalue weighted by atomic mass is 10.2. The minimum Gasteiger partial charge on any atom is -0.344 e. The average Bonchev–Trinajstić information content (AvgIpc) is 1.91. The summed E-state index contributed by atoms with van der Waals surface area (Å²) in [7, 11) is 0. The summed E-state index contributed by atoms with van der Waals surface area (Å²) in [5, 5.41) is 0. The van der Waals surface area contributed by atoms with Gasteiger partial charge in [-0.15, -0.1) is 0 Å². The Labute approximate surface area is 75.6 Å². The second kappa shape index (κ2) is 5.68. The van der Waals surface area contributed by atoms with Gasteiger partial charge in [-0.25, -0.2) is 0 Å². The second-order valence-electron chi connectivity index (χ2n) is 1.92. The topological polar surface area (TPSA) is 35.0 Å². The molecule has 1 aromatic carbocycles. The molecule has 0 saturated carbocycles. The molecule has 0 aliphatic heterocycles. The first kappa shape index (κ1) is 9.91. The summed E-state index contributed by atoms with van der Waals surface area (Å²) >= 11 is 2.39. The average molecular weight is 249 g/mol. The van der Waals surface area contributed by atoms with Crippen LogP contribution in [-0.2, 0) is 6.42 Å². The molecule has 0 aliphatic carbocycles. The Kier molecular flexibility index (Phi) is 5.63. The molecule has 0 amide bonds. The molecule has 1 aromatic rings. The molecular weight excluding hydrogens is 237 g/mol. The molecule has 0 heterocycles. The van der Waals surface area contributed by atoms with Crippen LogP contribution in [0.5, 0.6) is 0 Å². The third kappa shape index (κ3) is 3.17. The van der Waals surface area contributed by atoms with E-state index in [9.17, 15) is 0 Å². The van der Waals surface area contributed by atoms with Gasteiger partial charge in [-0.3, -0.25) is 0 Å². The normalized spacial score (nSPS) is 8.50. The van der Waals surface area contributed by atoms with Gasteiger partial charge < -0.3 is 6.15 Å². The highest BCUT2D eigenvalue weighted by Crippen LogP contribution is 2.00. The van der Waals surface area contributed by atoms with E-state index in [1.807, 2.05) is 0 Å². The van der Waals surface area contributed by atoms with Crippen LogP contribution in [0.15, 0.2) is 30.3 Å². The van der Waals surface area contributed by atoms with Gasteiger partial charge in [0.15, 0.2) is 0 Å². The molecule has 0 aromatic heterocycles. The number of aryl methyl sites for hydroxylation is 1. The van der Waals surface area contributed by atoms with Crippen molar-refractivity contribution < 1.29 is 0 Å². The zero-order valence-electron chi connectivity index (χ0n) is 5.89. The molecule has 56 valence electrons. The predicted molar refractivity (Wildman–Crippen MR) is 54.1 cm³/mol. The standard InChI is InChI=1S/C8H9I.H3N/c9-7-6-8-4-2-1-3-5-8;/h1-5H,6-7H2;1H3. The molecule has 0 fully saturated rings. The van der Waals surface area contributed by atoms with Crippen molar-refractivity contribution in [1.29, 1.82) is 0 Å². The molecule has 0 aliphatic rings. The minimum absolute atomic E-state index is 0. The molecule has 0 bridgehead atoms. The van der Waals surface area contributed by atoms with Crippen molar-refractivity contribution in [2.24, 2.45) is 0 Å². The van der Waals surface area contributed by atoms with E-state index in [0.717, 1.165) is 0 Å². The fourth-order valence-corrected chi connectivity index (χ4v) is 1.38. The summed E-state index contributed by atoms with van der Waals surface area (Å²) in [5.74, 6) is 0. The Balaban J connectivity index is 0.000000810. The Morgan fingerprint density at radius 2 is 1.70 bits per heavy atom. The number of rotatable bonds is 2. The number of halogens is 1. The van der Waals surface area contributed by atoms with Gasteiger partial charge in [0, 0.05) is 4.43 Å². The second-order valence-corrected chi connectivity index (χ2v) is 3.00. The van der Waals surface area contributed by atoms with Crippen molar-refractivity contribution in [3.63, 3.8) is 0 Å². The van der Waals surface area contributed by atoms with Crippen LogP contribution in [-0.4, -0.2) is 4.43 Å². The molecule has 0 unspecified atom stereocenters. The van der Waals surface area contributed by atoms with Crippen molar-refractivity contribution >= 4 is 22.6 Å². The van der Waals surface area contributed by atoms with Gasteiger partial charge in [0.1, 0.15) is 0 Å². The van der Waals surface area contributed by atoms with Gasteiger partial charge in [-0.1, -0.05) is 52.9 Å². The van der Waals surface area contributed by atoms with E-state index < -0.39 is 0 Å². The monoisotopic (exact) mass is 249 g/mol. The third-order valence-electron chi connectivity index (χ3n) is 1.23. The van der Waals surface area contributed by atoms with Gasteiger partial charge in [0.25, 0.3) is 0 Å². The van der Waals surface area contributed by atoms with E-state index in [2.05, 4.69) is 52.9 Å².